The molecule has 0 heterocycles. The molecule has 0 saturated heterocycles. The molecule has 3 N–H and O–H groups in total. The number of carboxylic acid groups (broad SMARTS) is 1. The lowest BCUT2D eigenvalue weighted by atomic mass is 9.98. The molecule has 0 aliphatic heterocycles. The summed E-state index contributed by atoms with van der Waals surface area (Å²) in [6.07, 6.45) is -4.87. The Kier molecular flexibility index (Phi) is 7.40. The summed E-state index contributed by atoms with van der Waals surface area (Å²) in [4.78, 5) is 35.2. The van der Waals surface area contributed by atoms with Crippen LogP contribution in [0.25, 0.3) is 11.1 Å². The van der Waals surface area contributed by atoms with Crippen molar-refractivity contribution >= 4 is 18.0 Å². The van der Waals surface area contributed by atoms with Gasteiger partial charge in [0.1, 0.15) is 12.6 Å². The van der Waals surface area contributed by atoms with Crippen molar-refractivity contribution in [3.63, 3.8) is 0 Å². The SMILES string of the molecule is CC(CC(=O)NC(CC(F)F)C(=O)O)NC(=O)OCC1c2ccccc2-c2ccccc21. The number of hydrogen-bond donors (Lipinski definition) is 3. The summed E-state index contributed by atoms with van der Waals surface area (Å²) in [6.45, 7) is 1.64. The van der Waals surface area contributed by atoms with Crippen LogP contribution in [-0.2, 0) is 14.3 Å². The van der Waals surface area contributed by atoms with Crippen molar-refractivity contribution in [2.24, 2.45) is 0 Å². The Labute approximate surface area is 183 Å². The maximum atomic E-state index is 12.4. The Bertz CT molecular complexity index is 952. The lowest BCUT2D eigenvalue weighted by Crippen LogP contribution is -2.45. The predicted octanol–water partition coefficient (Wildman–Crippen LogP) is 3.53. The minimum absolute atomic E-state index is 0.105. The van der Waals surface area contributed by atoms with Gasteiger partial charge in [0.2, 0.25) is 12.3 Å². The van der Waals surface area contributed by atoms with Crippen molar-refractivity contribution in [1.29, 1.82) is 0 Å². The highest BCUT2D eigenvalue weighted by Crippen LogP contribution is 2.44. The number of halogens is 2. The summed E-state index contributed by atoms with van der Waals surface area (Å²) in [5.74, 6) is -2.42. The first kappa shape index (κ1) is 23.2. The molecule has 2 atom stereocenters. The Morgan fingerprint density at radius 3 is 2.09 bits per heavy atom. The van der Waals surface area contributed by atoms with Crippen LogP contribution in [0.2, 0.25) is 0 Å². The van der Waals surface area contributed by atoms with Crippen molar-refractivity contribution < 1.29 is 33.0 Å². The van der Waals surface area contributed by atoms with Gasteiger partial charge in [-0.1, -0.05) is 48.5 Å². The Balaban J connectivity index is 1.52. The van der Waals surface area contributed by atoms with E-state index in [1.54, 1.807) is 0 Å². The van der Waals surface area contributed by atoms with Gasteiger partial charge in [0.15, 0.2) is 0 Å². The van der Waals surface area contributed by atoms with Gasteiger partial charge in [-0.2, -0.15) is 0 Å². The van der Waals surface area contributed by atoms with E-state index in [1.807, 2.05) is 53.8 Å². The molecule has 0 spiro atoms. The number of rotatable bonds is 9. The van der Waals surface area contributed by atoms with Gasteiger partial charge in [-0.3, -0.25) is 4.79 Å². The van der Waals surface area contributed by atoms with Crippen LogP contribution in [0.1, 0.15) is 36.8 Å². The molecule has 32 heavy (non-hydrogen) atoms. The van der Waals surface area contributed by atoms with E-state index in [4.69, 9.17) is 9.84 Å². The quantitative estimate of drug-likeness (QED) is 0.547. The number of carboxylic acids is 1. The van der Waals surface area contributed by atoms with Gasteiger partial charge >= 0.3 is 12.1 Å². The molecule has 170 valence electrons. The van der Waals surface area contributed by atoms with Crippen molar-refractivity contribution in [3.8, 4) is 11.1 Å². The smallest absolute Gasteiger partial charge is 0.407 e. The molecule has 0 fully saturated rings. The third kappa shape index (κ3) is 5.60. The molecule has 2 unspecified atom stereocenters. The van der Waals surface area contributed by atoms with Crippen molar-refractivity contribution in [2.45, 2.75) is 44.2 Å². The number of aliphatic carboxylic acids is 1. The number of alkyl halides is 2. The van der Waals surface area contributed by atoms with Crippen molar-refractivity contribution in [1.82, 2.24) is 10.6 Å². The van der Waals surface area contributed by atoms with E-state index in [2.05, 4.69) is 5.32 Å². The number of ether oxygens (including phenoxy) is 1. The van der Waals surface area contributed by atoms with Crippen molar-refractivity contribution in [3.05, 3.63) is 59.7 Å². The van der Waals surface area contributed by atoms with Crippen LogP contribution in [0, 0.1) is 0 Å². The van der Waals surface area contributed by atoms with E-state index in [0.717, 1.165) is 22.3 Å². The van der Waals surface area contributed by atoms with Gasteiger partial charge in [0.05, 0.1) is 0 Å². The van der Waals surface area contributed by atoms with Crippen LogP contribution in [-0.4, -0.2) is 48.2 Å². The average molecular weight is 446 g/mol. The summed E-state index contributed by atoms with van der Waals surface area (Å²) in [6, 6.07) is 13.4. The highest BCUT2D eigenvalue weighted by molar-refractivity contribution is 5.84. The highest BCUT2D eigenvalue weighted by Gasteiger charge is 2.29. The molecule has 3 rings (SSSR count). The summed E-state index contributed by atoms with van der Waals surface area (Å²) in [5, 5.41) is 13.5. The van der Waals surface area contributed by atoms with Gasteiger partial charge in [-0.05, 0) is 29.2 Å². The molecule has 0 saturated carbocycles. The zero-order valence-electron chi connectivity index (χ0n) is 17.4. The second-order valence-electron chi connectivity index (χ2n) is 7.66. The number of amides is 2. The second-order valence-corrected chi connectivity index (χ2v) is 7.66. The summed E-state index contributed by atoms with van der Waals surface area (Å²) < 4.78 is 30.3. The first-order valence-electron chi connectivity index (χ1n) is 10.2. The minimum atomic E-state index is -2.87. The maximum Gasteiger partial charge on any atom is 0.407 e. The molecular formula is C23H24F2N2O5. The molecule has 2 amide bonds. The lowest BCUT2D eigenvalue weighted by molar-refractivity contribution is -0.143. The second kappa shape index (κ2) is 10.2. The Morgan fingerprint density at radius 1 is 1.00 bits per heavy atom. The predicted molar refractivity (Wildman–Crippen MR) is 112 cm³/mol. The third-order valence-electron chi connectivity index (χ3n) is 5.25. The molecule has 1 aliphatic rings. The minimum Gasteiger partial charge on any atom is -0.480 e. The van der Waals surface area contributed by atoms with E-state index in [-0.39, 0.29) is 18.9 Å². The van der Waals surface area contributed by atoms with Crippen LogP contribution in [0.3, 0.4) is 0 Å². The largest absolute Gasteiger partial charge is 0.480 e. The highest BCUT2D eigenvalue weighted by atomic mass is 19.3. The molecular weight excluding hydrogens is 422 g/mol. The molecule has 0 radical (unpaired) electrons. The van der Waals surface area contributed by atoms with Crippen molar-refractivity contribution in [2.75, 3.05) is 6.61 Å². The fraction of sp³-hybridized carbons (Fsp3) is 0.348. The normalized spacial score (nSPS) is 14.2. The zero-order valence-corrected chi connectivity index (χ0v) is 17.4. The summed E-state index contributed by atoms with van der Waals surface area (Å²) in [5.41, 5.74) is 4.32. The average Bonchev–Trinajstić information content (AvgIpc) is 3.05. The van der Waals surface area contributed by atoms with Gasteiger partial charge in [0, 0.05) is 24.8 Å². The summed E-state index contributed by atoms with van der Waals surface area (Å²) >= 11 is 0. The molecule has 7 nitrogen and oxygen atoms in total. The van der Waals surface area contributed by atoms with Crippen LogP contribution >= 0.6 is 0 Å². The number of carbonyl (C=O) groups is 3. The Hall–Kier alpha value is -3.49. The zero-order chi connectivity index (χ0) is 23.3. The maximum absolute atomic E-state index is 12.4. The third-order valence-corrected chi connectivity index (χ3v) is 5.25. The van der Waals surface area contributed by atoms with E-state index in [1.165, 1.54) is 6.92 Å². The molecule has 1 aliphatic carbocycles. The number of benzene rings is 2. The number of nitrogens with one attached hydrogen (secondary N) is 2. The van der Waals surface area contributed by atoms with Crippen LogP contribution < -0.4 is 10.6 Å². The molecule has 2 aromatic carbocycles. The Morgan fingerprint density at radius 2 is 1.56 bits per heavy atom. The summed E-state index contributed by atoms with van der Waals surface area (Å²) in [7, 11) is 0. The van der Waals surface area contributed by atoms with Crippen LogP contribution in [0.5, 0.6) is 0 Å². The number of hydrogen-bond acceptors (Lipinski definition) is 4. The number of carbonyl (C=O) groups excluding carboxylic acids is 2. The fourth-order valence-electron chi connectivity index (χ4n) is 3.82. The van der Waals surface area contributed by atoms with Gasteiger partial charge < -0.3 is 20.5 Å². The standard InChI is InChI=1S/C23H24F2N2O5/c1-13(10-21(28)27-19(22(29)30)11-20(24)25)26-23(31)32-12-18-16-8-4-2-6-14(16)15-7-3-5-9-17(15)18/h2-9,13,18-20H,10-12H2,1H3,(H,26,31)(H,27,28)(H,29,30). The fourth-order valence-corrected chi connectivity index (χ4v) is 3.82. The first-order chi connectivity index (χ1) is 15.3. The number of alkyl carbamates (subject to hydrolysis) is 1. The molecule has 2 aromatic rings. The first-order valence-corrected chi connectivity index (χ1v) is 10.2. The van der Waals surface area contributed by atoms with E-state index in [9.17, 15) is 23.2 Å². The molecule has 0 aromatic heterocycles. The molecule has 9 heteroatoms. The van der Waals surface area contributed by atoms with E-state index >= 15 is 0 Å². The van der Waals surface area contributed by atoms with E-state index in [0.29, 0.717) is 0 Å². The topological polar surface area (TPSA) is 105 Å². The van der Waals surface area contributed by atoms with Crippen LogP contribution in [0.15, 0.2) is 48.5 Å². The van der Waals surface area contributed by atoms with Gasteiger partial charge in [-0.15, -0.1) is 0 Å². The van der Waals surface area contributed by atoms with Gasteiger partial charge in [0.25, 0.3) is 0 Å². The van der Waals surface area contributed by atoms with Gasteiger partial charge in [-0.25, -0.2) is 18.4 Å². The van der Waals surface area contributed by atoms with Crippen LogP contribution in [0.4, 0.5) is 13.6 Å². The monoisotopic (exact) mass is 446 g/mol. The lowest BCUT2D eigenvalue weighted by Gasteiger charge is -2.18. The van der Waals surface area contributed by atoms with E-state index < -0.39 is 42.9 Å². The number of fused-ring (bicyclic) bond motifs is 3. The molecule has 0 bridgehead atoms.